The first-order valence-electron chi connectivity index (χ1n) is 7.54. The summed E-state index contributed by atoms with van der Waals surface area (Å²) in [5, 5.41) is 12.5. The molecule has 2 aromatic rings. The Labute approximate surface area is 130 Å². The van der Waals surface area contributed by atoms with Crippen LogP contribution in [-0.4, -0.2) is 20.6 Å². The molecule has 1 unspecified atom stereocenters. The summed E-state index contributed by atoms with van der Waals surface area (Å²) in [6.45, 7) is 4.79. The van der Waals surface area contributed by atoms with Crippen LogP contribution in [0.25, 0.3) is 0 Å². The van der Waals surface area contributed by atoms with Crippen molar-refractivity contribution in [1.82, 2.24) is 14.9 Å². The molecule has 0 spiro atoms. The molecule has 5 nitrogen and oxygen atoms in total. The number of nitrogens with one attached hydrogen (secondary N) is 1. The molecule has 1 amide bonds. The number of carbonyl (C=O) groups excluding carboxylic acids is 1. The van der Waals surface area contributed by atoms with Gasteiger partial charge in [-0.25, -0.2) is 4.98 Å². The molecule has 0 bridgehead atoms. The number of phenolic OH excluding ortho intramolecular Hbond substituents is 1. The Hall–Kier alpha value is -2.30. The molecule has 1 aromatic carbocycles. The van der Waals surface area contributed by atoms with Crippen molar-refractivity contribution in [3.63, 3.8) is 0 Å². The number of aromatic nitrogens is 2. The van der Waals surface area contributed by atoms with Gasteiger partial charge in [-0.3, -0.25) is 4.79 Å². The molecule has 0 saturated heterocycles. The van der Waals surface area contributed by atoms with Gasteiger partial charge in [-0.15, -0.1) is 0 Å². The lowest BCUT2D eigenvalue weighted by atomic mass is 9.84. The SMILES string of the molecule is CC(C)(Cc1ccc(O)cc1)C(=O)NC1CCn2cncc21. The predicted molar refractivity (Wildman–Crippen MR) is 83.3 cm³/mol. The molecule has 0 saturated carbocycles. The number of carbonyl (C=O) groups is 1. The summed E-state index contributed by atoms with van der Waals surface area (Å²) in [5.74, 6) is 0.283. The molecule has 1 aromatic heterocycles. The minimum atomic E-state index is -0.510. The average Bonchev–Trinajstić information content (AvgIpc) is 3.06. The molecule has 22 heavy (non-hydrogen) atoms. The van der Waals surface area contributed by atoms with Crippen molar-refractivity contribution in [2.24, 2.45) is 5.41 Å². The van der Waals surface area contributed by atoms with Gasteiger partial charge in [-0.05, 0) is 30.5 Å². The fourth-order valence-corrected chi connectivity index (χ4v) is 2.93. The standard InChI is InChI=1S/C17H21N3O2/c1-17(2,9-12-3-5-13(21)6-4-12)16(22)19-14-7-8-20-11-18-10-15(14)20/h3-6,10-11,14,21H,7-9H2,1-2H3,(H,19,22). The molecule has 3 rings (SSSR count). The summed E-state index contributed by atoms with van der Waals surface area (Å²) < 4.78 is 2.08. The van der Waals surface area contributed by atoms with Crippen LogP contribution in [0.1, 0.15) is 37.6 Å². The molecule has 116 valence electrons. The number of rotatable bonds is 4. The van der Waals surface area contributed by atoms with Crippen molar-refractivity contribution < 1.29 is 9.90 Å². The van der Waals surface area contributed by atoms with Gasteiger partial charge < -0.3 is 15.0 Å². The lowest BCUT2D eigenvalue weighted by molar-refractivity contribution is -0.130. The van der Waals surface area contributed by atoms with Crippen LogP contribution in [0.4, 0.5) is 0 Å². The number of aryl methyl sites for hydroxylation is 1. The summed E-state index contributed by atoms with van der Waals surface area (Å²) in [5.41, 5.74) is 1.60. The van der Waals surface area contributed by atoms with Crippen molar-refractivity contribution in [2.75, 3.05) is 0 Å². The third-order valence-electron chi connectivity index (χ3n) is 4.26. The van der Waals surface area contributed by atoms with Gasteiger partial charge in [0.15, 0.2) is 0 Å². The Morgan fingerprint density at radius 3 is 2.86 bits per heavy atom. The summed E-state index contributed by atoms with van der Waals surface area (Å²) in [6.07, 6.45) is 5.18. The average molecular weight is 299 g/mol. The van der Waals surface area contributed by atoms with E-state index in [0.717, 1.165) is 24.2 Å². The van der Waals surface area contributed by atoms with Crippen LogP contribution in [0.2, 0.25) is 0 Å². The highest BCUT2D eigenvalue weighted by atomic mass is 16.3. The minimum Gasteiger partial charge on any atom is -0.508 e. The summed E-state index contributed by atoms with van der Waals surface area (Å²) in [4.78, 5) is 16.8. The topological polar surface area (TPSA) is 67.2 Å². The smallest absolute Gasteiger partial charge is 0.226 e. The van der Waals surface area contributed by atoms with Crippen LogP contribution in [0.5, 0.6) is 5.75 Å². The quantitative estimate of drug-likeness (QED) is 0.911. The zero-order valence-corrected chi connectivity index (χ0v) is 12.9. The number of imidazole rings is 1. The van der Waals surface area contributed by atoms with E-state index in [4.69, 9.17) is 0 Å². The molecule has 0 radical (unpaired) electrons. The molecule has 1 aliphatic heterocycles. The molecule has 0 fully saturated rings. The van der Waals surface area contributed by atoms with E-state index in [1.165, 1.54) is 0 Å². The van der Waals surface area contributed by atoms with E-state index in [1.807, 2.05) is 38.5 Å². The van der Waals surface area contributed by atoms with Gasteiger partial charge in [0, 0.05) is 12.0 Å². The molecule has 2 heterocycles. The Morgan fingerprint density at radius 2 is 2.14 bits per heavy atom. The number of amides is 1. The first-order chi connectivity index (χ1) is 10.5. The van der Waals surface area contributed by atoms with Crippen molar-refractivity contribution in [3.8, 4) is 5.75 Å². The van der Waals surface area contributed by atoms with Crippen LogP contribution in [0.3, 0.4) is 0 Å². The highest BCUT2D eigenvalue weighted by molar-refractivity contribution is 5.82. The third kappa shape index (κ3) is 2.84. The molecule has 0 aliphatic carbocycles. The Kier molecular flexibility index (Phi) is 3.64. The van der Waals surface area contributed by atoms with Crippen molar-refractivity contribution >= 4 is 5.91 Å². The van der Waals surface area contributed by atoms with E-state index in [1.54, 1.807) is 12.1 Å². The molecule has 2 N–H and O–H groups in total. The van der Waals surface area contributed by atoms with E-state index in [2.05, 4.69) is 14.9 Å². The highest BCUT2D eigenvalue weighted by Gasteiger charge is 2.32. The van der Waals surface area contributed by atoms with Crippen LogP contribution in [0.15, 0.2) is 36.8 Å². The van der Waals surface area contributed by atoms with Gasteiger partial charge in [0.05, 0.1) is 24.3 Å². The zero-order chi connectivity index (χ0) is 15.7. The highest BCUT2D eigenvalue weighted by Crippen LogP contribution is 2.28. The zero-order valence-electron chi connectivity index (χ0n) is 12.9. The number of hydrogen-bond donors (Lipinski definition) is 2. The third-order valence-corrected chi connectivity index (χ3v) is 4.26. The van der Waals surface area contributed by atoms with Crippen LogP contribution < -0.4 is 5.32 Å². The first-order valence-corrected chi connectivity index (χ1v) is 7.54. The maximum Gasteiger partial charge on any atom is 0.226 e. The predicted octanol–water partition coefficient (Wildman–Crippen LogP) is 2.42. The molecular weight excluding hydrogens is 278 g/mol. The van der Waals surface area contributed by atoms with Crippen LogP contribution in [-0.2, 0) is 17.8 Å². The number of phenols is 1. The number of nitrogens with zero attached hydrogens (tertiary/aromatic N) is 2. The van der Waals surface area contributed by atoms with Gasteiger partial charge in [-0.1, -0.05) is 26.0 Å². The van der Waals surface area contributed by atoms with E-state index in [9.17, 15) is 9.90 Å². The second-order valence-electron chi connectivity index (χ2n) is 6.55. The number of hydrogen-bond acceptors (Lipinski definition) is 3. The lowest BCUT2D eigenvalue weighted by Gasteiger charge is -2.26. The fraction of sp³-hybridized carbons (Fsp3) is 0.412. The number of fused-ring (bicyclic) bond motifs is 1. The van der Waals surface area contributed by atoms with E-state index < -0.39 is 5.41 Å². The molecule has 5 heteroatoms. The van der Waals surface area contributed by atoms with Gasteiger partial charge in [0.2, 0.25) is 5.91 Å². The Balaban J connectivity index is 1.67. The van der Waals surface area contributed by atoms with Crippen molar-refractivity contribution in [2.45, 2.75) is 39.3 Å². The minimum absolute atomic E-state index is 0.0419. The lowest BCUT2D eigenvalue weighted by Crippen LogP contribution is -2.39. The van der Waals surface area contributed by atoms with Crippen LogP contribution >= 0.6 is 0 Å². The fourth-order valence-electron chi connectivity index (χ4n) is 2.93. The van der Waals surface area contributed by atoms with Crippen LogP contribution in [0, 0.1) is 5.41 Å². The second-order valence-corrected chi connectivity index (χ2v) is 6.55. The van der Waals surface area contributed by atoms with Gasteiger partial charge in [0.25, 0.3) is 0 Å². The van der Waals surface area contributed by atoms with Gasteiger partial charge >= 0.3 is 0 Å². The molecule has 1 atom stereocenters. The number of benzene rings is 1. The normalized spacial score (nSPS) is 17.3. The Morgan fingerprint density at radius 1 is 1.41 bits per heavy atom. The summed E-state index contributed by atoms with van der Waals surface area (Å²) >= 11 is 0. The summed E-state index contributed by atoms with van der Waals surface area (Å²) in [6, 6.07) is 7.07. The van der Waals surface area contributed by atoms with E-state index >= 15 is 0 Å². The van der Waals surface area contributed by atoms with E-state index in [-0.39, 0.29) is 17.7 Å². The molecular formula is C17H21N3O2. The largest absolute Gasteiger partial charge is 0.508 e. The van der Waals surface area contributed by atoms with Crippen molar-refractivity contribution in [3.05, 3.63) is 48.0 Å². The molecule has 1 aliphatic rings. The summed E-state index contributed by atoms with van der Waals surface area (Å²) in [7, 11) is 0. The maximum atomic E-state index is 12.6. The first kappa shape index (κ1) is 14.6. The van der Waals surface area contributed by atoms with Gasteiger partial charge in [0.1, 0.15) is 5.75 Å². The van der Waals surface area contributed by atoms with Crippen molar-refractivity contribution in [1.29, 1.82) is 0 Å². The number of aromatic hydroxyl groups is 1. The van der Waals surface area contributed by atoms with Gasteiger partial charge in [-0.2, -0.15) is 0 Å². The Bertz CT molecular complexity index is 673. The maximum absolute atomic E-state index is 12.6. The second kappa shape index (κ2) is 5.48. The van der Waals surface area contributed by atoms with E-state index in [0.29, 0.717) is 6.42 Å². The monoisotopic (exact) mass is 299 g/mol.